The third kappa shape index (κ3) is 2.23. The molecule has 0 bridgehead atoms. The Bertz CT molecular complexity index is 273. The van der Waals surface area contributed by atoms with Gasteiger partial charge in [0.15, 0.2) is 5.76 Å². The SMILES string of the molecule is CCC(CC)C(O)C(=O)c1ccco1. The minimum atomic E-state index is -0.934. The molecule has 1 aromatic heterocycles. The first-order valence-corrected chi connectivity index (χ1v) is 4.96. The lowest BCUT2D eigenvalue weighted by Crippen LogP contribution is -2.28. The maximum absolute atomic E-state index is 11.6. The van der Waals surface area contributed by atoms with Gasteiger partial charge in [-0.3, -0.25) is 4.79 Å². The summed E-state index contributed by atoms with van der Waals surface area (Å²) in [6.07, 6.45) is 2.09. The Morgan fingerprint density at radius 2 is 2.14 bits per heavy atom. The number of hydrogen-bond donors (Lipinski definition) is 1. The molecule has 0 aliphatic carbocycles. The molecule has 1 aromatic rings. The molecular weight excluding hydrogens is 180 g/mol. The van der Waals surface area contributed by atoms with Gasteiger partial charge < -0.3 is 9.52 Å². The van der Waals surface area contributed by atoms with E-state index in [1.54, 1.807) is 12.1 Å². The van der Waals surface area contributed by atoms with Crippen molar-refractivity contribution in [1.29, 1.82) is 0 Å². The molecule has 1 rings (SSSR count). The topological polar surface area (TPSA) is 50.4 Å². The number of rotatable bonds is 5. The van der Waals surface area contributed by atoms with Crippen LogP contribution >= 0.6 is 0 Å². The summed E-state index contributed by atoms with van der Waals surface area (Å²) in [5.74, 6) is -0.0549. The van der Waals surface area contributed by atoms with Crippen LogP contribution in [0.5, 0.6) is 0 Å². The quantitative estimate of drug-likeness (QED) is 0.735. The molecule has 3 nitrogen and oxygen atoms in total. The molecule has 1 unspecified atom stereocenters. The molecule has 0 radical (unpaired) electrons. The van der Waals surface area contributed by atoms with Crippen molar-refractivity contribution in [2.24, 2.45) is 5.92 Å². The first kappa shape index (κ1) is 11.0. The molecule has 0 amide bonds. The molecule has 3 heteroatoms. The third-order valence-electron chi connectivity index (χ3n) is 2.53. The highest BCUT2D eigenvalue weighted by molar-refractivity contribution is 5.96. The minimum absolute atomic E-state index is 0.0209. The van der Waals surface area contributed by atoms with E-state index in [2.05, 4.69) is 0 Å². The molecule has 14 heavy (non-hydrogen) atoms. The van der Waals surface area contributed by atoms with Crippen molar-refractivity contribution in [3.8, 4) is 0 Å². The monoisotopic (exact) mass is 196 g/mol. The Hall–Kier alpha value is -1.09. The van der Waals surface area contributed by atoms with E-state index >= 15 is 0 Å². The molecule has 78 valence electrons. The number of hydrogen-bond acceptors (Lipinski definition) is 3. The fourth-order valence-corrected chi connectivity index (χ4v) is 1.51. The summed E-state index contributed by atoms with van der Waals surface area (Å²) < 4.78 is 4.95. The van der Waals surface area contributed by atoms with Crippen LogP contribution in [-0.2, 0) is 0 Å². The van der Waals surface area contributed by atoms with Gasteiger partial charge >= 0.3 is 0 Å². The van der Waals surface area contributed by atoms with Gasteiger partial charge in [0, 0.05) is 0 Å². The standard InChI is InChI=1S/C11H16O3/c1-3-8(4-2)10(12)11(13)9-6-5-7-14-9/h5-8,10,12H,3-4H2,1-2H3. The van der Waals surface area contributed by atoms with Crippen molar-refractivity contribution in [3.05, 3.63) is 24.2 Å². The summed E-state index contributed by atoms with van der Waals surface area (Å²) in [6, 6.07) is 3.22. The van der Waals surface area contributed by atoms with Crippen LogP contribution in [-0.4, -0.2) is 17.0 Å². The molecule has 0 saturated carbocycles. The summed E-state index contributed by atoms with van der Waals surface area (Å²) in [4.78, 5) is 11.6. The molecule has 0 spiro atoms. The second kappa shape index (κ2) is 4.96. The second-order valence-electron chi connectivity index (χ2n) is 3.36. The first-order chi connectivity index (χ1) is 6.70. The number of aliphatic hydroxyl groups is 1. The summed E-state index contributed by atoms with van der Waals surface area (Å²) in [5, 5.41) is 9.74. The number of ketones is 1. The van der Waals surface area contributed by atoms with E-state index in [9.17, 15) is 9.90 Å². The number of furan rings is 1. The third-order valence-corrected chi connectivity index (χ3v) is 2.53. The van der Waals surface area contributed by atoms with Crippen molar-refractivity contribution in [2.75, 3.05) is 0 Å². The van der Waals surface area contributed by atoms with Gasteiger partial charge in [0.1, 0.15) is 6.10 Å². The average Bonchev–Trinajstić information content (AvgIpc) is 2.71. The van der Waals surface area contributed by atoms with Gasteiger partial charge in [0.05, 0.1) is 6.26 Å². The summed E-state index contributed by atoms with van der Waals surface area (Å²) in [5.41, 5.74) is 0. The zero-order chi connectivity index (χ0) is 10.6. The van der Waals surface area contributed by atoms with E-state index in [1.165, 1.54) is 6.26 Å². The smallest absolute Gasteiger partial charge is 0.226 e. The van der Waals surface area contributed by atoms with Gasteiger partial charge in [-0.15, -0.1) is 0 Å². The van der Waals surface area contributed by atoms with Gasteiger partial charge in [-0.1, -0.05) is 26.7 Å². The zero-order valence-corrected chi connectivity index (χ0v) is 8.56. The Labute approximate surface area is 83.7 Å². The Morgan fingerprint density at radius 3 is 2.57 bits per heavy atom. The Morgan fingerprint density at radius 1 is 1.50 bits per heavy atom. The van der Waals surface area contributed by atoms with E-state index in [0.717, 1.165) is 12.8 Å². The molecule has 0 aliphatic rings. The highest BCUT2D eigenvalue weighted by atomic mass is 16.3. The highest BCUT2D eigenvalue weighted by Crippen LogP contribution is 2.17. The lowest BCUT2D eigenvalue weighted by molar-refractivity contribution is 0.0560. The molecule has 1 atom stereocenters. The zero-order valence-electron chi connectivity index (χ0n) is 8.56. The lowest BCUT2D eigenvalue weighted by atomic mass is 9.93. The van der Waals surface area contributed by atoms with Crippen molar-refractivity contribution in [2.45, 2.75) is 32.8 Å². The van der Waals surface area contributed by atoms with Gasteiger partial charge in [0.25, 0.3) is 0 Å². The van der Waals surface area contributed by atoms with E-state index in [1.807, 2.05) is 13.8 Å². The number of carbonyl (C=O) groups excluding carboxylic acids is 1. The molecule has 1 N–H and O–H groups in total. The summed E-state index contributed by atoms with van der Waals surface area (Å²) >= 11 is 0. The predicted octanol–water partition coefficient (Wildman–Crippen LogP) is 2.26. The fraction of sp³-hybridized carbons (Fsp3) is 0.545. The van der Waals surface area contributed by atoms with E-state index in [0.29, 0.717) is 0 Å². The molecule has 1 heterocycles. The maximum Gasteiger partial charge on any atom is 0.226 e. The maximum atomic E-state index is 11.6. The molecule has 0 aromatic carbocycles. The van der Waals surface area contributed by atoms with E-state index in [-0.39, 0.29) is 17.5 Å². The number of aliphatic hydroxyl groups excluding tert-OH is 1. The minimum Gasteiger partial charge on any atom is -0.461 e. The van der Waals surface area contributed by atoms with Crippen LogP contribution in [0.4, 0.5) is 0 Å². The van der Waals surface area contributed by atoms with Gasteiger partial charge in [0.2, 0.25) is 5.78 Å². The molecule has 0 fully saturated rings. The van der Waals surface area contributed by atoms with Gasteiger partial charge in [-0.25, -0.2) is 0 Å². The van der Waals surface area contributed by atoms with Crippen LogP contribution in [0.2, 0.25) is 0 Å². The summed E-state index contributed by atoms with van der Waals surface area (Å²) in [7, 11) is 0. The first-order valence-electron chi connectivity index (χ1n) is 4.96. The van der Waals surface area contributed by atoms with Crippen molar-refractivity contribution in [1.82, 2.24) is 0 Å². The average molecular weight is 196 g/mol. The predicted molar refractivity (Wildman–Crippen MR) is 53.1 cm³/mol. The van der Waals surface area contributed by atoms with Crippen molar-refractivity contribution >= 4 is 5.78 Å². The van der Waals surface area contributed by atoms with Gasteiger partial charge in [-0.05, 0) is 18.1 Å². The lowest BCUT2D eigenvalue weighted by Gasteiger charge is -2.17. The Kier molecular flexibility index (Phi) is 3.89. The van der Waals surface area contributed by atoms with Crippen LogP contribution in [0.1, 0.15) is 37.2 Å². The van der Waals surface area contributed by atoms with Gasteiger partial charge in [-0.2, -0.15) is 0 Å². The van der Waals surface area contributed by atoms with Crippen LogP contribution in [0.15, 0.2) is 22.8 Å². The van der Waals surface area contributed by atoms with E-state index < -0.39 is 6.10 Å². The van der Waals surface area contributed by atoms with Crippen LogP contribution < -0.4 is 0 Å². The van der Waals surface area contributed by atoms with Crippen LogP contribution in [0.25, 0.3) is 0 Å². The second-order valence-corrected chi connectivity index (χ2v) is 3.36. The van der Waals surface area contributed by atoms with Crippen molar-refractivity contribution < 1.29 is 14.3 Å². The van der Waals surface area contributed by atoms with E-state index in [4.69, 9.17) is 4.42 Å². The molecular formula is C11H16O3. The fourth-order valence-electron chi connectivity index (χ4n) is 1.51. The largest absolute Gasteiger partial charge is 0.461 e. The molecule has 0 aliphatic heterocycles. The van der Waals surface area contributed by atoms with Crippen molar-refractivity contribution in [3.63, 3.8) is 0 Å². The van der Waals surface area contributed by atoms with Crippen LogP contribution in [0.3, 0.4) is 0 Å². The normalized spacial score (nSPS) is 13.1. The Balaban J connectivity index is 2.69. The number of carbonyl (C=O) groups is 1. The summed E-state index contributed by atoms with van der Waals surface area (Å²) in [6.45, 7) is 3.93. The van der Waals surface area contributed by atoms with Crippen LogP contribution in [0, 0.1) is 5.92 Å². The molecule has 0 saturated heterocycles. The highest BCUT2D eigenvalue weighted by Gasteiger charge is 2.25. The number of Topliss-reactive ketones (excluding diaryl/α,β-unsaturated/α-hetero) is 1.